The zero-order valence-electron chi connectivity index (χ0n) is 10.7. The predicted molar refractivity (Wildman–Crippen MR) is 73.8 cm³/mol. The number of hydrogen-bond acceptors (Lipinski definition) is 5. The minimum Gasteiger partial charge on any atom is -0.353 e. The molecule has 0 spiro atoms. The van der Waals surface area contributed by atoms with E-state index < -0.39 is 6.04 Å². The van der Waals surface area contributed by atoms with E-state index in [1.165, 1.54) is 6.92 Å². The van der Waals surface area contributed by atoms with Gasteiger partial charge in [0.2, 0.25) is 11.8 Å². The van der Waals surface area contributed by atoms with Crippen LogP contribution in [0.15, 0.2) is 0 Å². The number of carbonyl (C=O) groups excluding carboxylic acids is 2. The molecule has 1 fully saturated rings. The molecule has 2 amide bonds. The summed E-state index contributed by atoms with van der Waals surface area (Å²) in [6.45, 7) is 6.85. The predicted octanol–water partition coefficient (Wildman–Crippen LogP) is -1.56. The number of rotatable bonds is 6. The molecule has 1 unspecified atom stereocenters. The summed E-state index contributed by atoms with van der Waals surface area (Å²) in [4.78, 5) is 24.9. The number of piperazine rings is 1. The van der Waals surface area contributed by atoms with Crippen LogP contribution >= 0.6 is 12.6 Å². The summed E-state index contributed by atoms with van der Waals surface area (Å²) in [6.07, 6.45) is 0. The molecule has 6 nitrogen and oxygen atoms in total. The lowest BCUT2D eigenvalue weighted by Crippen LogP contribution is -2.50. The molecular formula is C11H22N4O2S. The maximum absolute atomic E-state index is 11.7. The first-order valence-corrected chi connectivity index (χ1v) is 6.85. The highest BCUT2D eigenvalue weighted by atomic mass is 32.1. The van der Waals surface area contributed by atoms with E-state index >= 15 is 0 Å². The summed E-state index contributed by atoms with van der Waals surface area (Å²) in [5.74, 6) is -0.0828. The Hall–Kier alpha value is -0.790. The van der Waals surface area contributed by atoms with Gasteiger partial charge in [-0.1, -0.05) is 0 Å². The van der Waals surface area contributed by atoms with Crippen LogP contribution in [-0.4, -0.2) is 67.8 Å². The van der Waals surface area contributed by atoms with E-state index in [0.717, 1.165) is 32.7 Å². The van der Waals surface area contributed by atoms with Crippen molar-refractivity contribution in [3.05, 3.63) is 0 Å². The average molecular weight is 274 g/mol. The van der Waals surface area contributed by atoms with Crippen LogP contribution < -0.4 is 16.0 Å². The Bertz CT molecular complexity index is 282. The molecule has 0 aliphatic carbocycles. The zero-order valence-corrected chi connectivity index (χ0v) is 11.6. The second kappa shape index (κ2) is 8.34. The number of amides is 2. The minimum atomic E-state index is -0.547. The van der Waals surface area contributed by atoms with Gasteiger partial charge >= 0.3 is 0 Å². The van der Waals surface area contributed by atoms with E-state index in [1.54, 1.807) is 0 Å². The van der Waals surface area contributed by atoms with E-state index in [-0.39, 0.29) is 11.8 Å². The molecule has 7 heteroatoms. The fraction of sp³-hybridized carbons (Fsp3) is 0.818. The van der Waals surface area contributed by atoms with Crippen LogP contribution in [0, 0.1) is 0 Å². The van der Waals surface area contributed by atoms with Gasteiger partial charge in [-0.2, -0.15) is 12.6 Å². The normalized spacial score (nSPS) is 18.1. The van der Waals surface area contributed by atoms with E-state index in [9.17, 15) is 9.59 Å². The maximum atomic E-state index is 11.7. The van der Waals surface area contributed by atoms with Gasteiger partial charge in [0, 0.05) is 51.9 Å². The quantitative estimate of drug-likeness (QED) is 0.442. The molecule has 104 valence electrons. The van der Waals surface area contributed by atoms with E-state index in [1.807, 2.05) is 0 Å². The molecule has 18 heavy (non-hydrogen) atoms. The first kappa shape index (κ1) is 15.3. The molecule has 0 saturated carbocycles. The van der Waals surface area contributed by atoms with Gasteiger partial charge in [-0.3, -0.25) is 14.5 Å². The number of carbonyl (C=O) groups is 2. The lowest BCUT2D eigenvalue weighted by atomic mass is 10.3. The van der Waals surface area contributed by atoms with Gasteiger partial charge in [-0.25, -0.2) is 0 Å². The van der Waals surface area contributed by atoms with Gasteiger partial charge in [0.15, 0.2) is 0 Å². The summed E-state index contributed by atoms with van der Waals surface area (Å²) >= 11 is 4.06. The Kier molecular flexibility index (Phi) is 7.07. The molecule has 0 aromatic heterocycles. The zero-order chi connectivity index (χ0) is 13.4. The third-order valence-corrected chi connectivity index (χ3v) is 3.18. The van der Waals surface area contributed by atoms with E-state index in [4.69, 9.17) is 0 Å². The summed E-state index contributed by atoms with van der Waals surface area (Å²) in [6, 6.07) is -0.547. The van der Waals surface area contributed by atoms with Gasteiger partial charge in [-0.15, -0.1) is 0 Å². The van der Waals surface area contributed by atoms with Crippen LogP contribution in [0.5, 0.6) is 0 Å². The third-order valence-electron chi connectivity index (χ3n) is 2.81. The summed E-state index contributed by atoms with van der Waals surface area (Å²) in [5.41, 5.74) is 0. The average Bonchev–Trinajstić information content (AvgIpc) is 2.36. The number of nitrogens with one attached hydrogen (secondary N) is 3. The molecule has 0 aromatic rings. The fourth-order valence-electron chi connectivity index (χ4n) is 1.83. The van der Waals surface area contributed by atoms with Gasteiger partial charge in [-0.05, 0) is 0 Å². The van der Waals surface area contributed by atoms with Crippen molar-refractivity contribution in [1.82, 2.24) is 20.9 Å². The smallest absolute Gasteiger partial charge is 0.243 e. The Morgan fingerprint density at radius 2 is 2.06 bits per heavy atom. The molecular weight excluding hydrogens is 252 g/mol. The van der Waals surface area contributed by atoms with Crippen LogP contribution in [0.4, 0.5) is 0 Å². The molecule has 1 aliphatic heterocycles. The van der Waals surface area contributed by atoms with Crippen molar-refractivity contribution in [3.63, 3.8) is 0 Å². The second-order valence-corrected chi connectivity index (χ2v) is 4.68. The highest BCUT2D eigenvalue weighted by Gasteiger charge is 2.17. The summed E-state index contributed by atoms with van der Waals surface area (Å²) < 4.78 is 0. The summed E-state index contributed by atoms with van der Waals surface area (Å²) in [5, 5.41) is 8.66. The first-order valence-electron chi connectivity index (χ1n) is 6.22. The molecule has 3 N–H and O–H groups in total. The van der Waals surface area contributed by atoms with Crippen molar-refractivity contribution in [2.24, 2.45) is 0 Å². The molecule has 0 bridgehead atoms. The Morgan fingerprint density at radius 3 is 2.61 bits per heavy atom. The Labute approximate surface area is 113 Å². The highest BCUT2D eigenvalue weighted by molar-refractivity contribution is 7.80. The van der Waals surface area contributed by atoms with Gasteiger partial charge in [0.25, 0.3) is 0 Å². The number of nitrogens with zero attached hydrogens (tertiary/aromatic N) is 1. The molecule has 1 saturated heterocycles. The molecule has 1 aliphatic rings. The van der Waals surface area contributed by atoms with Crippen molar-refractivity contribution in [2.45, 2.75) is 13.0 Å². The molecule has 0 radical (unpaired) electrons. The van der Waals surface area contributed by atoms with Crippen molar-refractivity contribution in [3.8, 4) is 0 Å². The van der Waals surface area contributed by atoms with Crippen LogP contribution in [0.25, 0.3) is 0 Å². The van der Waals surface area contributed by atoms with Crippen molar-refractivity contribution in [1.29, 1.82) is 0 Å². The van der Waals surface area contributed by atoms with Gasteiger partial charge in [0.05, 0.1) is 0 Å². The molecule has 0 aromatic carbocycles. The van der Waals surface area contributed by atoms with Crippen LogP contribution in [0.1, 0.15) is 6.92 Å². The number of thiol groups is 1. The molecule has 1 rings (SSSR count). The number of hydrogen-bond donors (Lipinski definition) is 4. The SMILES string of the molecule is CC(=O)NC(CS)C(=O)NCCN1CCNCC1. The van der Waals surface area contributed by atoms with Crippen LogP contribution in [0.3, 0.4) is 0 Å². The Balaban J connectivity index is 2.20. The molecule has 1 atom stereocenters. The van der Waals surface area contributed by atoms with Crippen LogP contribution in [0.2, 0.25) is 0 Å². The lowest BCUT2D eigenvalue weighted by Gasteiger charge is -2.27. The van der Waals surface area contributed by atoms with Crippen molar-refractivity contribution in [2.75, 3.05) is 45.0 Å². The maximum Gasteiger partial charge on any atom is 0.243 e. The topological polar surface area (TPSA) is 73.5 Å². The van der Waals surface area contributed by atoms with Crippen LogP contribution in [-0.2, 0) is 9.59 Å². The second-order valence-electron chi connectivity index (χ2n) is 4.32. The largest absolute Gasteiger partial charge is 0.353 e. The summed E-state index contributed by atoms with van der Waals surface area (Å²) in [7, 11) is 0. The third kappa shape index (κ3) is 5.70. The monoisotopic (exact) mass is 274 g/mol. The lowest BCUT2D eigenvalue weighted by molar-refractivity contribution is -0.127. The fourth-order valence-corrected chi connectivity index (χ4v) is 2.09. The van der Waals surface area contributed by atoms with Crippen molar-refractivity contribution < 1.29 is 9.59 Å². The van der Waals surface area contributed by atoms with Crippen molar-refractivity contribution >= 4 is 24.4 Å². The van der Waals surface area contributed by atoms with Gasteiger partial charge < -0.3 is 16.0 Å². The van der Waals surface area contributed by atoms with E-state index in [2.05, 4.69) is 33.5 Å². The van der Waals surface area contributed by atoms with E-state index in [0.29, 0.717) is 12.3 Å². The Morgan fingerprint density at radius 1 is 1.39 bits per heavy atom. The first-order chi connectivity index (χ1) is 8.63. The standard InChI is InChI=1S/C11H22N4O2S/c1-9(16)14-10(8-18)11(17)13-4-7-15-5-2-12-3-6-15/h10,12,18H,2-8H2,1H3,(H,13,17)(H,14,16). The van der Waals surface area contributed by atoms with Gasteiger partial charge in [0.1, 0.15) is 6.04 Å². The minimum absolute atomic E-state index is 0.171. The molecule has 1 heterocycles. The highest BCUT2D eigenvalue weighted by Crippen LogP contribution is 1.92.